The van der Waals surface area contributed by atoms with Gasteiger partial charge in [0.1, 0.15) is 0 Å². The summed E-state index contributed by atoms with van der Waals surface area (Å²) in [6.07, 6.45) is 4.95. The molecule has 0 heterocycles. The average molecular weight is 210 g/mol. The van der Waals surface area contributed by atoms with Crippen LogP contribution in [0, 0.1) is 0 Å². The normalized spacial score (nSPS) is 27.5. The van der Waals surface area contributed by atoms with Crippen LogP contribution in [0.1, 0.15) is 37.2 Å². The second-order valence-corrected chi connectivity index (χ2v) is 4.63. The van der Waals surface area contributed by atoms with Crippen molar-refractivity contribution in [2.24, 2.45) is 0 Å². The van der Waals surface area contributed by atoms with Crippen LogP contribution in [0.3, 0.4) is 0 Å². The van der Waals surface area contributed by atoms with Gasteiger partial charge >= 0.3 is 0 Å². The molecule has 0 bridgehead atoms. The molecule has 1 aromatic carbocycles. The number of hydrogen-bond acceptors (Lipinski definition) is 1. The lowest BCUT2D eigenvalue weighted by Crippen LogP contribution is -2.17. The molecule has 1 fully saturated rings. The Kier molecular flexibility index (Phi) is 2.97. The fourth-order valence-electron chi connectivity index (χ4n) is 2.20. The molecule has 2 unspecified atom stereocenters. The quantitative estimate of drug-likeness (QED) is 0.556. The molecule has 1 aliphatic carbocycles. The summed E-state index contributed by atoms with van der Waals surface area (Å²) in [4.78, 5) is 0. The molecule has 0 radical (unpaired) electrons. The monoisotopic (exact) mass is 209 g/mol. The van der Waals surface area contributed by atoms with Gasteiger partial charge in [0, 0.05) is 17.0 Å². The summed E-state index contributed by atoms with van der Waals surface area (Å²) in [5.41, 5.74) is 7.83. The predicted molar refractivity (Wildman–Crippen MR) is 61.7 cm³/mol. The highest BCUT2D eigenvalue weighted by Gasteiger charge is 2.24. The number of anilines is 1. The van der Waals surface area contributed by atoms with Crippen molar-refractivity contribution in [2.45, 2.75) is 37.0 Å². The molecule has 0 amide bonds. The molecule has 2 N–H and O–H groups in total. The van der Waals surface area contributed by atoms with E-state index in [1.807, 2.05) is 12.1 Å². The first-order chi connectivity index (χ1) is 6.77. The topological polar surface area (TPSA) is 26.0 Å². The van der Waals surface area contributed by atoms with Crippen LogP contribution in [-0.4, -0.2) is 5.38 Å². The summed E-state index contributed by atoms with van der Waals surface area (Å²) in [7, 11) is 0. The van der Waals surface area contributed by atoms with Gasteiger partial charge in [-0.05, 0) is 30.5 Å². The van der Waals surface area contributed by atoms with E-state index in [0.29, 0.717) is 11.3 Å². The lowest BCUT2D eigenvalue weighted by atomic mass is 9.83. The first-order valence-electron chi connectivity index (χ1n) is 5.27. The van der Waals surface area contributed by atoms with Crippen LogP contribution in [-0.2, 0) is 0 Å². The molecule has 0 saturated heterocycles. The lowest BCUT2D eigenvalue weighted by Gasteiger charge is -2.27. The Hall–Kier alpha value is -0.690. The molecule has 14 heavy (non-hydrogen) atoms. The Labute approximate surface area is 90.3 Å². The van der Waals surface area contributed by atoms with E-state index in [0.717, 1.165) is 12.1 Å². The third kappa shape index (κ3) is 2.03. The van der Waals surface area contributed by atoms with Crippen molar-refractivity contribution < 1.29 is 0 Å². The highest BCUT2D eigenvalue weighted by molar-refractivity contribution is 6.21. The molecule has 2 heteroatoms. The molecule has 2 rings (SSSR count). The highest BCUT2D eigenvalue weighted by Crippen LogP contribution is 2.36. The first-order valence-corrected chi connectivity index (χ1v) is 5.70. The van der Waals surface area contributed by atoms with Crippen LogP contribution >= 0.6 is 11.6 Å². The standard InChI is InChI=1S/C12H16ClN/c13-12-4-2-1-3-11(12)9-5-7-10(14)8-6-9/h5-8,11-12H,1-4,14H2. The van der Waals surface area contributed by atoms with Gasteiger partial charge in [-0.3, -0.25) is 0 Å². The minimum atomic E-state index is 0.312. The SMILES string of the molecule is Nc1ccc(C2CCCCC2Cl)cc1. The molecule has 0 aliphatic heterocycles. The van der Waals surface area contributed by atoms with E-state index >= 15 is 0 Å². The van der Waals surface area contributed by atoms with Gasteiger partial charge in [0.2, 0.25) is 0 Å². The van der Waals surface area contributed by atoms with Gasteiger partial charge in [0.05, 0.1) is 0 Å². The first kappa shape index (κ1) is 9.85. The van der Waals surface area contributed by atoms with Crippen molar-refractivity contribution in [1.82, 2.24) is 0 Å². The molecule has 76 valence electrons. The largest absolute Gasteiger partial charge is 0.399 e. The summed E-state index contributed by atoms with van der Waals surface area (Å²) in [5, 5.41) is 0.312. The summed E-state index contributed by atoms with van der Waals surface area (Å²) in [5.74, 6) is 0.533. The van der Waals surface area contributed by atoms with Crippen LogP contribution in [0.2, 0.25) is 0 Å². The molecular formula is C12H16ClN. The van der Waals surface area contributed by atoms with E-state index in [2.05, 4.69) is 12.1 Å². The maximum atomic E-state index is 6.33. The van der Waals surface area contributed by atoms with Crippen LogP contribution in [0.4, 0.5) is 5.69 Å². The number of hydrogen-bond donors (Lipinski definition) is 1. The summed E-state index contributed by atoms with van der Waals surface area (Å²) in [6, 6.07) is 8.16. The Balaban J connectivity index is 2.16. The molecule has 0 spiro atoms. The molecule has 1 aromatic rings. The number of nitrogen functional groups attached to an aromatic ring is 1. The molecule has 1 saturated carbocycles. The lowest BCUT2D eigenvalue weighted by molar-refractivity contribution is 0.450. The van der Waals surface area contributed by atoms with E-state index in [1.165, 1.54) is 24.8 Å². The second kappa shape index (κ2) is 4.22. The van der Waals surface area contributed by atoms with Crippen molar-refractivity contribution in [2.75, 3.05) is 5.73 Å². The van der Waals surface area contributed by atoms with E-state index in [9.17, 15) is 0 Å². The van der Waals surface area contributed by atoms with Gasteiger partial charge in [0.25, 0.3) is 0 Å². The van der Waals surface area contributed by atoms with Gasteiger partial charge in [-0.2, -0.15) is 0 Å². The molecule has 2 atom stereocenters. The predicted octanol–water partition coefficient (Wildman–Crippen LogP) is 3.53. The van der Waals surface area contributed by atoms with Crippen molar-refractivity contribution in [3.8, 4) is 0 Å². The minimum absolute atomic E-state index is 0.312. The van der Waals surface area contributed by atoms with Crippen molar-refractivity contribution in [3.05, 3.63) is 29.8 Å². The second-order valence-electron chi connectivity index (χ2n) is 4.07. The van der Waals surface area contributed by atoms with Crippen LogP contribution in [0.25, 0.3) is 0 Å². The average Bonchev–Trinajstić information content (AvgIpc) is 2.20. The third-order valence-electron chi connectivity index (χ3n) is 3.05. The summed E-state index contributed by atoms with van der Waals surface area (Å²) < 4.78 is 0. The van der Waals surface area contributed by atoms with Crippen molar-refractivity contribution in [1.29, 1.82) is 0 Å². The fourth-order valence-corrected chi connectivity index (χ4v) is 2.63. The van der Waals surface area contributed by atoms with E-state index in [-0.39, 0.29) is 0 Å². The number of alkyl halides is 1. The van der Waals surface area contributed by atoms with E-state index in [1.54, 1.807) is 0 Å². The van der Waals surface area contributed by atoms with E-state index < -0.39 is 0 Å². The van der Waals surface area contributed by atoms with Crippen LogP contribution in [0.5, 0.6) is 0 Å². The van der Waals surface area contributed by atoms with Crippen LogP contribution in [0.15, 0.2) is 24.3 Å². The maximum Gasteiger partial charge on any atom is 0.0404 e. The molecule has 1 nitrogen and oxygen atoms in total. The number of benzene rings is 1. The number of halogens is 1. The summed E-state index contributed by atoms with van der Waals surface area (Å²) >= 11 is 6.33. The molecule has 1 aliphatic rings. The van der Waals surface area contributed by atoms with E-state index in [4.69, 9.17) is 17.3 Å². The van der Waals surface area contributed by atoms with Gasteiger partial charge in [0.15, 0.2) is 0 Å². The van der Waals surface area contributed by atoms with Gasteiger partial charge in [-0.1, -0.05) is 25.0 Å². The van der Waals surface area contributed by atoms with Crippen molar-refractivity contribution in [3.63, 3.8) is 0 Å². The zero-order chi connectivity index (χ0) is 9.97. The van der Waals surface area contributed by atoms with Gasteiger partial charge < -0.3 is 5.73 Å². The van der Waals surface area contributed by atoms with Gasteiger partial charge in [-0.25, -0.2) is 0 Å². The van der Waals surface area contributed by atoms with Gasteiger partial charge in [-0.15, -0.1) is 11.6 Å². The minimum Gasteiger partial charge on any atom is -0.399 e. The Morgan fingerprint density at radius 2 is 1.71 bits per heavy atom. The highest BCUT2D eigenvalue weighted by atomic mass is 35.5. The zero-order valence-electron chi connectivity index (χ0n) is 8.25. The third-order valence-corrected chi connectivity index (χ3v) is 3.57. The van der Waals surface area contributed by atoms with Crippen molar-refractivity contribution >= 4 is 17.3 Å². The smallest absolute Gasteiger partial charge is 0.0404 e. The fraction of sp³-hybridized carbons (Fsp3) is 0.500. The van der Waals surface area contributed by atoms with Crippen LogP contribution < -0.4 is 5.73 Å². The number of rotatable bonds is 1. The Morgan fingerprint density at radius 1 is 1.07 bits per heavy atom. The number of nitrogens with two attached hydrogens (primary N) is 1. The summed E-state index contributed by atoms with van der Waals surface area (Å²) in [6.45, 7) is 0. The molecule has 0 aromatic heterocycles. The Bertz CT molecular complexity index is 294. The Morgan fingerprint density at radius 3 is 2.36 bits per heavy atom. The maximum absolute atomic E-state index is 6.33. The molecular weight excluding hydrogens is 194 g/mol. The zero-order valence-corrected chi connectivity index (χ0v) is 9.00.